The quantitative estimate of drug-likeness (QED) is 0.745. The third-order valence-corrected chi connectivity index (χ3v) is 3.00. The normalized spacial score (nSPS) is 10.7. The van der Waals surface area contributed by atoms with Crippen molar-refractivity contribution >= 4 is 22.0 Å². The van der Waals surface area contributed by atoms with E-state index >= 15 is 0 Å². The molecule has 1 aromatic carbocycles. The molecule has 0 saturated heterocycles. The third kappa shape index (κ3) is 6.86. The van der Waals surface area contributed by atoms with Crippen LogP contribution in [0.2, 0.25) is 0 Å². The molecule has 0 heterocycles. The number of carbonyl (C=O) groups is 1. The summed E-state index contributed by atoms with van der Waals surface area (Å²) in [6.45, 7) is 5.22. The smallest absolute Gasteiger partial charge is 0.315 e. The molecule has 0 aliphatic heterocycles. The highest BCUT2D eigenvalue weighted by Crippen LogP contribution is 2.15. The number of amides is 2. The number of nitrogens with one attached hydrogen (secondary N) is 2. The summed E-state index contributed by atoms with van der Waals surface area (Å²) < 4.78 is 19.6. The summed E-state index contributed by atoms with van der Waals surface area (Å²) in [5, 5.41) is 5.31. The summed E-state index contributed by atoms with van der Waals surface area (Å²) in [4.78, 5) is 11.5. The van der Waals surface area contributed by atoms with Gasteiger partial charge in [0.25, 0.3) is 0 Å². The predicted octanol–water partition coefficient (Wildman–Crippen LogP) is 3.20. The summed E-state index contributed by atoms with van der Waals surface area (Å²) in [7, 11) is 0. The zero-order valence-corrected chi connectivity index (χ0v) is 13.3. The molecular formula is C14H20BrFN2O2. The van der Waals surface area contributed by atoms with Crippen LogP contribution in [-0.4, -0.2) is 25.3 Å². The Hall–Kier alpha value is -1.14. The van der Waals surface area contributed by atoms with Gasteiger partial charge in [-0.15, -0.1) is 0 Å². The van der Waals surface area contributed by atoms with E-state index in [2.05, 4.69) is 26.6 Å². The van der Waals surface area contributed by atoms with Crippen LogP contribution in [0.25, 0.3) is 0 Å². The highest BCUT2D eigenvalue weighted by atomic mass is 79.9. The van der Waals surface area contributed by atoms with Crippen LogP contribution in [-0.2, 0) is 11.3 Å². The number of halogens is 2. The lowest BCUT2D eigenvalue weighted by molar-refractivity contribution is 0.0774. The van der Waals surface area contributed by atoms with Crippen molar-refractivity contribution in [3.05, 3.63) is 34.1 Å². The van der Waals surface area contributed by atoms with E-state index in [-0.39, 0.29) is 24.5 Å². The number of rotatable bonds is 7. The van der Waals surface area contributed by atoms with E-state index in [1.165, 1.54) is 6.07 Å². The Kier molecular flexibility index (Phi) is 7.54. The van der Waals surface area contributed by atoms with E-state index in [9.17, 15) is 9.18 Å². The van der Waals surface area contributed by atoms with Crippen molar-refractivity contribution in [1.29, 1.82) is 0 Å². The average molecular weight is 347 g/mol. The largest absolute Gasteiger partial charge is 0.379 e. The molecule has 2 N–H and O–H groups in total. The molecule has 1 rings (SSSR count). The molecule has 0 atom stereocenters. The minimum absolute atomic E-state index is 0.152. The van der Waals surface area contributed by atoms with Gasteiger partial charge in [0.2, 0.25) is 0 Å². The molecule has 20 heavy (non-hydrogen) atoms. The van der Waals surface area contributed by atoms with Gasteiger partial charge in [-0.25, -0.2) is 9.18 Å². The second-order valence-electron chi connectivity index (χ2n) is 4.62. The van der Waals surface area contributed by atoms with Crippen LogP contribution in [0, 0.1) is 5.82 Å². The Morgan fingerprint density at radius 2 is 2.15 bits per heavy atom. The first-order chi connectivity index (χ1) is 9.49. The number of hydrogen-bond donors (Lipinski definition) is 2. The lowest BCUT2D eigenvalue weighted by Crippen LogP contribution is -2.36. The number of benzene rings is 1. The first-order valence-corrected chi connectivity index (χ1v) is 7.35. The molecule has 0 fully saturated rings. The van der Waals surface area contributed by atoms with Gasteiger partial charge in [-0.3, -0.25) is 0 Å². The molecule has 112 valence electrons. The van der Waals surface area contributed by atoms with Gasteiger partial charge in [-0.05, 0) is 38.5 Å². The molecule has 6 heteroatoms. The SMILES string of the molecule is CC(C)OCCCNC(=O)NCc1cc(Br)ccc1F. The minimum Gasteiger partial charge on any atom is -0.379 e. The van der Waals surface area contributed by atoms with Crippen LogP contribution in [0.1, 0.15) is 25.8 Å². The molecule has 0 aliphatic rings. The topological polar surface area (TPSA) is 50.4 Å². The van der Waals surface area contributed by atoms with E-state index in [0.717, 1.165) is 10.9 Å². The summed E-state index contributed by atoms with van der Waals surface area (Å²) in [5.41, 5.74) is 0.442. The van der Waals surface area contributed by atoms with E-state index in [1.54, 1.807) is 12.1 Å². The third-order valence-electron chi connectivity index (χ3n) is 2.51. The van der Waals surface area contributed by atoms with Gasteiger partial charge >= 0.3 is 6.03 Å². The van der Waals surface area contributed by atoms with E-state index in [4.69, 9.17) is 4.74 Å². The molecule has 0 aliphatic carbocycles. The maximum atomic E-state index is 13.4. The number of ether oxygens (including phenoxy) is 1. The molecule has 2 amide bonds. The van der Waals surface area contributed by atoms with Crippen molar-refractivity contribution in [3.63, 3.8) is 0 Å². The fourth-order valence-corrected chi connectivity index (χ4v) is 1.92. The molecule has 4 nitrogen and oxygen atoms in total. The maximum absolute atomic E-state index is 13.4. The molecule has 0 spiro atoms. The Bertz CT molecular complexity index is 441. The Balaban J connectivity index is 2.21. The van der Waals surface area contributed by atoms with Crippen molar-refractivity contribution in [3.8, 4) is 0 Å². The van der Waals surface area contributed by atoms with Crippen molar-refractivity contribution in [2.24, 2.45) is 0 Å². The fraction of sp³-hybridized carbons (Fsp3) is 0.500. The van der Waals surface area contributed by atoms with Gasteiger partial charge in [-0.2, -0.15) is 0 Å². The van der Waals surface area contributed by atoms with E-state index in [0.29, 0.717) is 18.7 Å². The Labute approximate surface area is 127 Å². The van der Waals surface area contributed by atoms with E-state index in [1.807, 2.05) is 13.8 Å². The molecule has 1 aromatic rings. The summed E-state index contributed by atoms with van der Waals surface area (Å²) in [5.74, 6) is -0.334. The van der Waals surface area contributed by atoms with Crippen LogP contribution in [0.4, 0.5) is 9.18 Å². The lowest BCUT2D eigenvalue weighted by atomic mass is 10.2. The van der Waals surface area contributed by atoms with Crippen LogP contribution >= 0.6 is 15.9 Å². The van der Waals surface area contributed by atoms with E-state index < -0.39 is 0 Å². The Morgan fingerprint density at radius 1 is 1.40 bits per heavy atom. The first-order valence-electron chi connectivity index (χ1n) is 6.56. The number of carbonyl (C=O) groups excluding carboxylic acids is 1. The zero-order valence-electron chi connectivity index (χ0n) is 11.7. The second-order valence-corrected chi connectivity index (χ2v) is 5.53. The summed E-state index contributed by atoms with van der Waals surface area (Å²) >= 11 is 3.27. The van der Waals surface area contributed by atoms with Crippen LogP contribution in [0.15, 0.2) is 22.7 Å². The molecular weight excluding hydrogens is 327 g/mol. The first kappa shape index (κ1) is 16.9. The lowest BCUT2D eigenvalue weighted by Gasteiger charge is -2.10. The van der Waals surface area contributed by atoms with Crippen LogP contribution < -0.4 is 10.6 Å². The molecule has 0 bridgehead atoms. The number of urea groups is 1. The standard InChI is InChI=1S/C14H20BrFN2O2/c1-10(2)20-7-3-6-17-14(19)18-9-11-8-12(15)4-5-13(11)16/h4-5,8,10H,3,6-7,9H2,1-2H3,(H2,17,18,19). The van der Waals surface area contributed by atoms with Crippen molar-refractivity contribution in [1.82, 2.24) is 10.6 Å². The van der Waals surface area contributed by atoms with Crippen molar-refractivity contribution < 1.29 is 13.9 Å². The molecule has 0 radical (unpaired) electrons. The molecule has 0 saturated carbocycles. The van der Waals surface area contributed by atoms with Gasteiger partial charge in [0.15, 0.2) is 0 Å². The van der Waals surface area contributed by atoms with Crippen LogP contribution in [0.3, 0.4) is 0 Å². The zero-order chi connectivity index (χ0) is 15.0. The van der Waals surface area contributed by atoms with Gasteiger partial charge < -0.3 is 15.4 Å². The van der Waals surface area contributed by atoms with Crippen LogP contribution in [0.5, 0.6) is 0 Å². The second kappa shape index (κ2) is 8.92. The van der Waals surface area contributed by atoms with Crippen molar-refractivity contribution in [2.45, 2.75) is 32.9 Å². The van der Waals surface area contributed by atoms with Gasteiger partial charge in [-0.1, -0.05) is 15.9 Å². The fourth-order valence-electron chi connectivity index (χ4n) is 1.51. The van der Waals surface area contributed by atoms with Crippen molar-refractivity contribution in [2.75, 3.05) is 13.2 Å². The summed E-state index contributed by atoms with van der Waals surface area (Å²) in [6, 6.07) is 4.32. The highest BCUT2D eigenvalue weighted by molar-refractivity contribution is 9.10. The number of hydrogen-bond acceptors (Lipinski definition) is 2. The van der Waals surface area contributed by atoms with Gasteiger partial charge in [0, 0.05) is 29.7 Å². The van der Waals surface area contributed by atoms with Gasteiger partial charge in [0.05, 0.1) is 6.10 Å². The summed E-state index contributed by atoms with van der Waals surface area (Å²) in [6.07, 6.45) is 0.944. The maximum Gasteiger partial charge on any atom is 0.315 e. The molecule has 0 unspecified atom stereocenters. The average Bonchev–Trinajstić information content (AvgIpc) is 2.39. The Morgan fingerprint density at radius 3 is 2.85 bits per heavy atom. The van der Waals surface area contributed by atoms with Gasteiger partial charge in [0.1, 0.15) is 5.82 Å². The monoisotopic (exact) mass is 346 g/mol. The highest BCUT2D eigenvalue weighted by Gasteiger charge is 2.05. The molecule has 0 aromatic heterocycles. The predicted molar refractivity (Wildman–Crippen MR) is 80.0 cm³/mol. The minimum atomic E-state index is -0.334.